The Morgan fingerprint density at radius 3 is 2.21 bits per heavy atom. The van der Waals surface area contributed by atoms with Crippen molar-refractivity contribution in [3.05, 3.63) is 58.9 Å². The second-order valence-electron chi connectivity index (χ2n) is 6.87. The van der Waals surface area contributed by atoms with Gasteiger partial charge < -0.3 is 13.9 Å². The second kappa shape index (κ2) is 8.16. The van der Waals surface area contributed by atoms with Gasteiger partial charge in [-0.15, -0.1) is 5.10 Å². The molecule has 1 aromatic heterocycles. The molecule has 1 fully saturated rings. The van der Waals surface area contributed by atoms with E-state index in [1.807, 2.05) is 36.4 Å². The summed E-state index contributed by atoms with van der Waals surface area (Å²) in [4.78, 5) is 2.77. The molecule has 28 heavy (non-hydrogen) atoms. The third kappa shape index (κ3) is 4.26. The highest BCUT2D eigenvalue weighted by atomic mass is 32.1. The molecule has 0 spiro atoms. The number of hydrogen-bond donors (Lipinski definition) is 0. The quantitative estimate of drug-likeness (QED) is 0.521. The van der Waals surface area contributed by atoms with Crippen molar-refractivity contribution in [3.8, 4) is 23.0 Å². The minimum atomic E-state index is 0.381. The van der Waals surface area contributed by atoms with E-state index in [2.05, 4.69) is 22.1 Å². The third-order valence-corrected chi connectivity index (χ3v) is 5.16. The largest absolute Gasteiger partial charge is 0.497 e. The lowest BCUT2D eigenvalue weighted by Crippen LogP contribution is -2.28. The minimum Gasteiger partial charge on any atom is -0.497 e. The van der Waals surface area contributed by atoms with Crippen LogP contribution in [0.5, 0.6) is 11.5 Å². The fourth-order valence-corrected chi connectivity index (χ4v) is 3.30. The van der Waals surface area contributed by atoms with E-state index in [1.54, 1.807) is 18.9 Å². The van der Waals surface area contributed by atoms with Crippen molar-refractivity contribution in [2.75, 3.05) is 14.2 Å². The molecule has 0 aliphatic heterocycles. The van der Waals surface area contributed by atoms with Crippen molar-refractivity contribution in [3.63, 3.8) is 0 Å². The van der Waals surface area contributed by atoms with E-state index in [0.717, 1.165) is 23.6 Å². The van der Waals surface area contributed by atoms with Crippen LogP contribution < -0.4 is 9.47 Å². The molecule has 1 heterocycles. The molecule has 4 rings (SSSR count). The van der Waals surface area contributed by atoms with Crippen molar-refractivity contribution >= 4 is 12.2 Å². The molecule has 146 valence electrons. The molecule has 1 saturated carbocycles. The van der Waals surface area contributed by atoms with Crippen LogP contribution in [0, 0.1) is 4.84 Å². The van der Waals surface area contributed by atoms with Crippen LogP contribution in [-0.4, -0.2) is 34.9 Å². The van der Waals surface area contributed by atoms with Crippen LogP contribution in [0.25, 0.3) is 11.5 Å². The topological polar surface area (TPSA) is 52.7 Å². The average Bonchev–Trinajstić information content (AvgIpc) is 3.52. The molecule has 7 heteroatoms. The summed E-state index contributed by atoms with van der Waals surface area (Å²) in [6.07, 6.45) is 2.40. The zero-order valence-corrected chi connectivity index (χ0v) is 16.8. The Bertz CT molecular complexity index is 975. The van der Waals surface area contributed by atoms with Crippen LogP contribution in [0.15, 0.2) is 52.9 Å². The van der Waals surface area contributed by atoms with E-state index in [0.29, 0.717) is 23.4 Å². The first kappa shape index (κ1) is 18.7. The van der Waals surface area contributed by atoms with E-state index in [-0.39, 0.29) is 0 Å². The van der Waals surface area contributed by atoms with Crippen molar-refractivity contribution in [1.82, 2.24) is 14.7 Å². The molecule has 1 aliphatic rings. The predicted molar refractivity (Wildman–Crippen MR) is 109 cm³/mol. The molecule has 0 saturated heterocycles. The first-order chi connectivity index (χ1) is 13.7. The van der Waals surface area contributed by atoms with Crippen molar-refractivity contribution in [1.29, 1.82) is 0 Å². The number of methoxy groups -OCH3 is 2. The number of benzene rings is 2. The van der Waals surface area contributed by atoms with Gasteiger partial charge in [0.1, 0.15) is 11.5 Å². The normalized spacial score (nSPS) is 13.7. The van der Waals surface area contributed by atoms with Crippen LogP contribution >= 0.6 is 12.2 Å². The summed E-state index contributed by atoms with van der Waals surface area (Å²) in [5.74, 6) is 2.18. The number of ether oxygens (including phenoxy) is 2. The highest BCUT2D eigenvalue weighted by Gasteiger charge is 2.29. The lowest BCUT2D eigenvalue weighted by atomic mass is 10.2. The van der Waals surface area contributed by atoms with Crippen LogP contribution in [0.2, 0.25) is 0 Å². The standard InChI is InChI=1S/C21H23N3O3S/c1-25-18-9-3-15(4-10-18)13-23(17-7-8-17)14-24-21(28)27-20(22-24)16-5-11-19(26-2)12-6-16/h3-6,9-12,17H,7-8,13-14H2,1-2H3. The Morgan fingerprint density at radius 1 is 1.04 bits per heavy atom. The van der Waals surface area contributed by atoms with E-state index in [9.17, 15) is 0 Å². The Kier molecular flexibility index (Phi) is 5.45. The summed E-state index contributed by atoms with van der Waals surface area (Å²) < 4.78 is 17.9. The van der Waals surface area contributed by atoms with Crippen LogP contribution in [0.3, 0.4) is 0 Å². The second-order valence-corrected chi connectivity index (χ2v) is 7.22. The van der Waals surface area contributed by atoms with Crippen LogP contribution in [0.1, 0.15) is 18.4 Å². The third-order valence-electron chi connectivity index (χ3n) is 4.87. The average molecular weight is 398 g/mol. The molecule has 1 aliphatic carbocycles. The fourth-order valence-electron chi connectivity index (χ4n) is 3.12. The Hall–Kier alpha value is -2.64. The number of hydrogen-bond acceptors (Lipinski definition) is 6. The maximum atomic E-state index is 5.74. The molecular formula is C21H23N3O3S. The molecule has 0 N–H and O–H groups in total. The molecule has 6 nitrogen and oxygen atoms in total. The highest BCUT2D eigenvalue weighted by molar-refractivity contribution is 7.71. The lowest BCUT2D eigenvalue weighted by molar-refractivity contribution is 0.184. The summed E-state index contributed by atoms with van der Waals surface area (Å²) in [6.45, 7) is 1.44. The van der Waals surface area contributed by atoms with Gasteiger partial charge in [-0.2, -0.15) is 0 Å². The van der Waals surface area contributed by atoms with Crippen LogP contribution in [0.4, 0.5) is 0 Å². The molecule has 0 radical (unpaired) electrons. The summed E-state index contributed by atoms with van der Waals surface area (Å²) in [7, 11) is 3.32. The van der Waals surface area contributed by atoms with Gasteiger partial charge in [0.15, 0.2) is 0 Å². The van der Waals surface area contributed by atoms with Gasteiger partial charge in [-0.1, -0.05) is 12.1 Å². The van der Waals surface area contributed by atoms with E-state index in [1.165, 1.54) is 18.4 Å². The predicted octanol–water partition coefficient (Wildman–Crippen LogP) is 4.51. The number of nitrogens with zero attached hydrogens (tertiary/aromatic N) is 3. The summed E-state index contributed by atoms with van der Waals surface area (Å²) in [6, 6.07) is 16.3. The van der Waals surface area contributed by atoms with Gasteiger partial charge in [-0.05, 0) is 67.0 Å². The molecule has 0 amide bonds. The van der Waals surface area contributed by atoms with Gasteiger partial charge in [0.25, 0.3) is 4.84 Å². The van der Waals surface area contributed by atoms with Gasteiger partial charge >= 0.3 is 0 Å². The molecule has 0 unspecified atom stereocenters. The fraction of sp³-hybridized carbons (Fsp3) is 0.333. The van der Waals surface area contributed by atoms with Gasteiger partial charge in [-0.3, -0.25) is 4.90 Å². The van der Waals surface area contributed by atoms with E-state index in [4.69, 9.17) is 26.1 Å². The first-order valence-electron chi connectivity index (χ1n) is 9.25. The molecule has 2 aromatic carbocycles. The van der Waals surface area contributed by atoms with Crippen molar-refractivity contribution in [2.24, 2.45) is 0 Å². The summed E-state index contributed by atoms with van der Waals surface area (Å²) in [5, 5.41) is 4.60. The number of rotatable bonds is 8. The minimum absolute atomic E-state index is 0.381. The zero-order chi connectivity index (χ0) is 19.5. The Morgan fingerprint density at radius 2 is 1.64 bits per heavy atom. The Balaban J connectivity index is 1.50. The summed E-state index contributed by atoms with van der Waals surface area (Å²) >= 11 is 5.41. The zero-order valence-electron chi connectivity index (χ0n) is 16.0. The van der Waals surface area contributed by atoms with Crippen LogP contribution in [-0.2, 0) is 13.2 Å². The molecular weight excluding hydrogens is 374 g/mol. The molecule has 0 atom stereocenters. The van der Waals surface area contributed by atoms with E-state index < -0.39 is 0 Å². The van der Waals surface area contributed by atoms with Gasteiger partial charge in [-0.25, -0.2) is 4.68 Å². The maximum absolute atomic E-state index is 5.74. The monoisotopic (exact) mass is 397 g/mol. The lowest BCUT2D eigenvalue weighted by Gasteiger charge is -2.21. The summed E-state index contributed by atoms with van der Waals surface area (Å²) in [5.41, 5.74) is 2.11. The Labute approximate surface area is 169 Å². The van der Waals surface area contributed by atoms with Gasteiger partial charge in [0.2, 0.25) is 5.89 Å². The SMILES string of the molecule is COc1ccc(CN(Cn2nc(-c3ccc(OC)cc3)oc2=S)C2CC2)cc1. The molecule has 0 bridgehead atoms. The van der Waals surface area contributed by atoms with Crippen molar-refractivity contribution in [2.45, 2.75) is 32.1 Å². The van der Waals surface area contributed by atoms with E-state index >= 15 is 0 Å². The van der Waals surface area contributed by atoms with Crippen molar-refractivity contribution < 1.29 is 13.9 Å². The van der Waals surface area contributed by atoms with Gasteiger partial charge in [0, 0.05) is 18.2 Å². The molecule has 3 aromatic rings. The number of aromatic nitrogens is 2. The maximum Gasteiger partial charge on any atom is 0.288 e. The smallest absolute Gasteiger partial charge is 0.288 e. The first-order valence-corrected chi connectivity index (χ1v) is 9.66. The highest BCUT2D eigenvalue weighted by Crippen LogP contribution is 2.29. The van der Waals surface area contributed by atoms with Gasteiger partial charge in [0.05, 0.1) is 20.9 Å².